The van der Waals surface area contributed by atoms with Gasteiger partial charge in [0.1, 0.15) is 5.76 Å². The first-order chi connectivity index (χ1) is 18.7. The molecule has 0 aliphatic heterocycles. The van der Waals surface area contributed by atoms with Gasteiger partial charge in [0, 0.05) is 6.42 Å². The summed E-state index contributed by atoms with van der Waals surface area (Å²) in [7, 11) is 0. The molecule has 5 rings (SSSR count). The molecular formula is C35H50O4. The zero-order valence-corrected chi connectivity index (χ0v) is 24.4. The molecule has 39 heavy (non-hydrogen) atoms. The van der Waals surface area contributed by atoms with Crippen LogP contribution in [0.4, 0.5) is 0 Å². The molecule has 1 heterocycles. The molecule has 0 amide bonds. The first-order valence-corrected chi connectivity index (χ1v) is 15.6. The predicted molar refractivity (Wildman–Crippen MR) is 157 cm³/mol. The van der Waals surface area contributed by atoms with Crippen LogP contribution in [0, 0.1) is 23.2 Å². The molecule has 4 heteroatoms. The second kappa shape index (κ2) is 11.5. The Morgan fingerprint density at radius 3 is 2.69 bits per heavy atom. The predicted octanol–water partition coefficient (Wildman–Crippen LogP) is 7.35. The van der Waals surface area contributed by atoms with Crippen LogP contribution in [-0.2, 0) is 11.8 Å². The lowest BCUT2D eigenvalue weighted by atomic mass is 9.61. The summed E-state index contributed by atoms with van der Waals surface area (Å²) in [6, 6.07) is 2.18. The third-order valence-corrected chi connectivity index (χ3v) is 10.9. The SMILES string of the molecule is C=C1C(=CC=C2CCC[C@]3(C)[C@@H]([C@H](C)C=C[C@H](O)C4(c5cc(CCCC)co5)CC4)CC[C@@H]23)C[C@@H](O)C[C@@H]1O. The monoisotopic (exact) mass is 534 g/mol. The highest BCUT2D eigenvalue weighted by atomic mass is 16.3. The van der Waals surface area contributed by atoms with E-state index in [9.17, 15) is 15.3 Å². The first-order valence-electron chi connectivity index (χ1n) is 15.6. The zero-order valence-electron chi connectivity index (χ0n) is 24.4. The van der Waals surface area contributed by atoms with Gasteiger partial charge in [-0.2, -0.15) is 0 Å². The Labute approximate surface area is 235 Å². The first kappa shape index (κ1) is 28.6. The van der Waals surface area contributed by atoms with Crippen molar-refractivity contribution in [3.63, 3.8) is 0 Å². The average Bonchev–Trinajstić information content (AvgIpc) is 3.44. The largest absolute Gasteiger partial charge is 0.468 e. The Hall–Kier alpha value is -1.88. The molecule has 4 fully saturated rings. The van der Waals surface area contributed by atoms with Gasteiger partial charge >= 0.3 is 0 Å². The molecule has 7 atom stereocenters. The highest BCUT2D eigenvalue weighted by molar-refractivity contribution is 5.39. The van der Waals surface area contributed by atoms with Gasteiger partial charge < -0.3 is 19.7 Å². The van der Waals surface area contributed by atoms with Gasteiger partial charge in [-0.15, -0.1) is 0 Å². The summed E-state index contributed by atoms with van der Waals surface area (Å²) in [4.78, 5) is 0. The molecular weight excluding hydrogens is 484 g/mol. The fourth-order valence-corrected chi connectivity index (χ4v) is 8.18. The van der Waals surface area contributed by atoms with Crippen molar-refractivity contribution >= 4 is 0 Å². The number of unbranched alkanes of at least 4 members (excludes halogenated alkanes) is 1. The second-order valence-corrected chi connectivity index (χ2v) is 13.4. The Balaban J connectivity index is 1.26. The van der Waals surface area contributed by atoms with E-state index in [0.29, 0.717) is 30.6 Å². The molecule has 4 aliphatic rings. The topological polar surface area (TPSA) is 73.8 Å². The van der Waals surface area contributed by atoms with Crippen molar-refractivity contribution < 1.29 is 19.7 Å². The van der Waals surface area contributed by atoms with Crippen molar-refractivity contribution in [2.45, 2.75) is 122 Å². The van der Waals surface area contributed by atoms with E-state index < -0.39 is 18.3 Å². The summed E-state index contributed by atoms with van der Waals surface area (Å²) in [6.45, 7) is 11.1. The number of hydrogen-bond donors (Lipinski definition) is 3. The highest BCUT2D eigenvalue weighted by Crippen LogP contribution is 2.60. The Kier molecular flexibility index (Phi) is 8.48. The van der Waals surface area contributed by atoms with Crippen molar-refractivity contribution in [1.29, 1.82) is 0 Å². The molecule has 4 nitrogen and oxygen atoms in total. The molecule has 0 saturated heterocycles. The van der Waals surface area contributed by atoms with Crippen molar-refractivity contribution in [3.8, 4) is 0 Å². The maximum atomic E-state index is 11.3. The lowest BCUT2D eigenvalue weighted by molar-refractivity contribution is 0.0862. The maximum Gasteiger partial charge on any atom is 0.113 e. The van der Waals surface area contributed by atoms with E-state index in [1.807, 2.05) is 6.26 Å². The second-order valence-electron chi connectivity index (χ2n) is 13.4. The highest BCUT2D eigenvalue weighted by Gasteiger charge is 2.53. The summed E-state index contributed by atoms with van der Waals surface area (Å²) < 4.78 is 5.96. The van der Waals surface area contributed by atoms with Gasteiger partial charge in [-0.1, -0.05) is 63.6 Å². The van der Waals surface area contributed by atoms with Crippen LogP contribution in [0.3, 0.4) is 0 Å². The minimum atomic E-state index is -0.639. The fourth-order valence-electron chi connectivity index (χ4n) is 8.18. The molecule has 0 spiro atoms. The summed E-state index contributed by atoms with van der Waals surface area (Å²) >= 11 is 0. The molecule has 3 N–H and O–H groups in total. The number of allylic oxidation sites excluding steroid dienone is 4. The molecule has 214 valence electrons. The number of aliphatic hydroxyl groups excluding tert-OH is 3. The molecule has 1 aromatic rings. The normalized spacial score (nSPS) is 36.0. The number of aliphatic hydroxyl groups is 3. The van der Waals surface area contributed by atoms with Crippen LogP contribution in [0.2, 0.25) is 0 Å². The van der Waals surface area contributed by atoms with E-state index in [0.717, 1.165) is 42.6 Å². The zero-order chi connectivity index (χ0) is 27.8. The Morgan fingerprint density at radius 2 is 1.95 bits per heavy atom. The van der Waals surface area contributed by atoms with Gasteiger partial charge in [0.25, 0.3) is 0 Å². The van der Waals surface area contributed by atoms with Crippen LogP contribution in [-0.4, -0.2) is 33.6 Å². The van der Waals surface area contributed by atoms with E-state index in [1.54, 1.807) is 0 Å². The van der Waals surface area contributed by atoms with E-state index in [2.05, 4.69) is 57.7 Å². The van der Waals surface area contributed by atoms with Crippen LogP contribution in [0.15, 0.2) is 64.3 Å². The van der Waals surface area contributed by atoms with Crippen LogP contribution >= 0.6 is 0 Å². The van der Waals surface area contributed by atoms with Crippen molar-refractivity contribution in [1.82, 2.24) is 0 Å². The summed E-state index contributed by atoms with van der Waals surface area (Å²) in [6.07, 6.45) is 21.4. The Bertz CT molecular complexity index is 1120. The smallest absolute Gasteiger partial charge is 0.113 e. The number of aryl methyl sites for hydroxylation is 1. The molecule has 1 aromatic heterocycles. The standard InChI is InChI=1S/C35H50O4/c1-5-6-8-25-19-33(39-22-25)35(17-18-35)32(38)15-10-23(2)29-13-14-30-26(9-7-16-34(29,30)4)11-12-27-20-28(36)21-31(37)24(27)3/h10-12,15,19,22-23,28-32,36-38H,3,5-9,13-14,16-18,20-21H2,1-2,4H3/t23-,28-,29-,30+,31+,32+,34-/m1/s1. The van der Waals surface area contributed by atoms with Gasteiger partial charge in [-0.05, 0) is 110 Å². The van der Waals surface area contributed by atoms with E-state index >= 15 is 0 Å². The third-order valence-electron chi connectivity index (χ3n) is 10.9. The molecule has 4 saturated carbocycles. The molecule has 0 aromatic carbocycles. The van der Waals surface area contributed by atoms with Crippen LogP contribution < -0.4 is 0 Å². The van der Waals surface area contributed by atoms with Gasteiger partial charge in [0.15, 0.2) is 0 Å². The molecule has 0 radical (unpaired) electrons. The maximum absolute atomic E-state index is 11.3. The van der Waals surface area contributed by atoms with Crippen molar-refractivity contribution in [2.75, 3.05) is 0 Å². The van der Waals surface area contributed by atoms with Crippen molar-refractivity contribution in [3.05, 3.63) is 71.3 Å². The van der Waals surface area contributed by atoms with E-state index in [4.69, 9.17) is 4.42 Å². The van der Waals surface area contributed by atoms with Crippen LogP contribution in [0.5, 0.6) is 0 Å². The minimum Gasteiger partial charge on any atom is -0.468 e. The average molecular weight is 535 g/mol. The minimum absolute atomic E-state index is 0.235. The number of rotatable bonds is 9. The summed E-state index contributed by atoms with van der Waals surface area (Å²) in [5, 5.41) is 31.6. The summed E-state index contributed by atoms with van der Waals surface area (Å²) in [5.41, 5.74) is 4.55. The van der Waals surface area contributed by atoms with E-state index in [-0.39, 0.29) is 10.8 Å². The molecule has 0 unspecified atom stereocenters. The number of furan rings is 1. The van der Waals surface area contributed by atoms with Crippen LogP contribution in [0.25, 0.3) is 0 Å². The van der Waals surface area contributed by atoms with Crippen molar-refractivity contribution in [2.24, 2.45) is 23.2 Å². The lowest BCUT2D eigenvalue weighted by Crippen LogP contribution is -2.35. The van der Waals surface area contributed by atoms with Gasteiger partial charge in [-0.3, -0.25) is 0 Å². The molecule has 4 aliphatic carbocycles. The molecule has 0 bridgehead atoms. The summed E-state index contributed by atoms with van der Waals surface area (Å²) in [5.74, 6) is 2.53. The Morgan fingerprint density at radius 1 is 1.15 bits per heavy atom. The van der Waals surface area contributed by atoms with Gasteiger partial charge in [-0.25, -0.2) is 0 Å². The van der Waals surface area contributed by atoms with Gasteiger partial charge in [0.05, 0.1) is 30.0 Å². The number of fused-ring (bicyclic) bond motifs is 1. The van der Waals surface area contributed by atoms with E-state index in [1.165, 1.54) is 49.7 Å². The third kappa shape index (κ3) is 5.67. The quantitative estimate of drug-likeness (QED) is 0.290. The fraction of sp³-hybridized carbons (Fsp3) is 0.657. The van der Waals surface area contributed by atoms with Crippen LogP contribution in [0.1, 0.15) is 103 Å². The lowest BCUT2D eigenvalue weighted by Gasteiger charge is -2.44. The van der Waals surface area contributed by atoms with Gasteiger partial charge in [0.2, 0.25) is 0 Å². The number of hydrogen-bond acceptors (Lipinski definition) is 4.